The Hall–Kier alpha value is -1.19. The Labute approximate surface area is 178 Å². The van der Waals surface area contributed by atoms with Gasteiger partial charge in [0.05, 0.1) is 11.5 Å². The van der Waals surface area contributed by atoms with Crippen LogP contribution in [0.1, 0.15) is 31.2 Å². The van der Waals surface area contributed by atoms with Crippen molar-refractivity contribution in [1.29, 1.82) is 0 Å². The molecule has 1 aliphatic carbocycles. The van der Waals surface area contributed by atoms with Crippen molar-refractivity contribution in [3.8, 4) is 0 Å². The van der Waals surface area contributed by atoms with Crippen LogP contribution in [-0.2, 0) is 14.6 Å². The van der Waals surface area contributed by atoms with Gasteiger partial charge in [-0.05, 0) is 68.1 Å². The number of rotatable bonds is 7. The zero-order valence-electron chi connectivity index (χ0n) is 15.6. The largest absolute Gasteiger partial charge is 0.395 e. The van der Waals surface area contributed by atoms with Gasteiger partial charge in [0.15, 0.2) is 9.84 Å². The van der Waals surface area contributed by atoms with Crippen molar-refractivity contribution < 1.29 is 22.3 Å². The minimum absolute atomic E-state index is 0.0247. The van der Waals surface area contributed by atoms with Gasteiger partial charge >= 0.3 is 0 Å². The average Bonchev–Trinajstić information content (AvgIpc) is 2.71. The highest BCUT2D eigenvalue weighted by Crippen LogP contribution is 2.48. The number of benzene rings is 2. The Morgan fingerprint density at radius 3 is 2.41 bits per heavy atom. The van der Waals surface area contributed by atoms with E-state index in [4.69, 9.17) is 16.7 Å². The Balaban J connectivity index is 2.02. The van der Waals surface area contributed by atoms with Crippen molar-refractivity contribution in [3.63, 3.8) is 0 Å². The molecule has 158 valence electrons. The van der Waals surface area contributed by atoms with Crippen LogP contribution >= 0.6 is 23.5 Å². The first-order valence-electron chi connectivity index (χ1n) is 9.24. The second kappa shape index (κ2) is 9.31. The number of aliphatic hydroxyl groups excluding tert-OH is 1. The molecule has 1 saturated carbocycles. The molecule has 0 radical (unpaired) electrons. The van der Waals surface area contributed by atoms with E-state index in [0.29, 0.717) is 23.6 Å². The van der Waals surface area contributed by atoms with E-state index in [1.54, 1.807) is 0 Å². The summed E-state index contributed by atoms with van der Waals surface area (Å²) < 4.78 is 57.7. The fourth-order valence-electron chi connectivity index (χ4n) is 3.79. The molecule has 29 heavy (non-hydrogen) atoms. The minimum atomic E-state index is -4.02. The van der Waals surface area contributed by atoms with Gasteiger partial charge in [0.2, 0.25) is 0 Å². The second-order valence-corrected chi connectivity index (χ2v) is 10.7. The molecule has 4 nitrogen and oxygen atoms in total. The summed E-state index contributed by atoms with van der Waals surface area (Å²) in [6, 6.07) is 8.74. The molecular weight excluding hydrogens is 440 g/mol. The van der Waals surface area contributed by atoms with Crippen molar-refractivity contribution in [3.05, 3.63) is 64.7 Å². The summed E-state index contributed by atoms with van der Waals surface area (Å²) in [5.74, 6) is -0.890. The first kappa shape index (κ1) is 22.5. The van der Waals surface area contributed by atoms with Crippen molar-refractivity contribution in [1.82, 2.24) is 4.72 Å². The molecule has 0 spiro atoms. The molecule has 2 aromatic carbocycles. The molecule has 3 rings (SSSR count). The highest BCUT2D eigenvalue weighted by atomic mass is 35.5. The first-order valence-corrected chi connectivity index (χ1v) is 12.1. The van der Waals surface area contributed by atoms with E-state index in [1.807, 2.05) is 0 Å². The van der Waals surface area contributed by atoms with Crippen molar-refractivity contribution in [2.24, 2.45) is 0 Å². The smallest absolute Gasteiger partial charge is 0.188 e. The third kappa shape index (κ3) is 4.61. The quantitative estimate of drug-likeness (QED) is 0.470. The second-order valence-electron chi connectivity index (χ2n) is 7.04. The van der Waals surface area contributed by atoms with Crippen LogP contribution in [0, 0.1) is 11.6 Å². The van der Waals surface area contributed by atoms with E-state index in [9.17, 15) is 17.2 Å². The van der Waals surface area contributed by atoms with Crippen LogP contribution in [-0.4, -0.2) is 31.9 Å². The maximum Gasteiger partial charge on any atom is 0.188 e. The lowest BCUT2D eigenvalue weighted by Crippen LogP contribution is -2.44. The molecule has 1 aliphatic rings. The van der Waals surface area contributed by atoms with Gasteiger partial charge in [-0.25, -0.2) is 17.2 Å². The number of hydrogen-bond donors (Lipinski definition) is 2. The van der Waals surface area contributed by atoms with Crippen molar-refractivity contribution in [2.75, 3.05) is 12.4 Å². The summed E-state index contributed by atoms with van der Waals surface area (Å²) in [5, 5.41) is 9.30. The third-order valence-corrected chi connectivity index (χ3v) is 8.98. The number of sulfone groups is 1. The lowest BCUT2D eigenvalue weighted by atomic mass is 9.80. The van der Waals surface area contributed by atoms with E-state index in [0.717, 1.165) is 18.2 Å². The molecule has 0 amide bonds. The lowest BCUT2D eigenvalue weighted by Gasteiger charge is -2.40. The summed E-state index contributed by atoms with van der Waals surface area (Å²) in [6.45, 7) is 0.0355. The summed E-state index contributed by atoms with van der Waals surface area (Å²) in [7, 11) is -4.02. The predicted molar refractivity (Wildman–Crippen MR) is 112 cm³/mol. The molecule has 1 fully saturated rings. The Bertz CT molecular complexity index is 947. The molecule has 0 bridgehead atoms. The summed E-state index contributed by atoms with van der Waals surface area (Å²) >= 11 is 7.26. The van der Waals surface area contributed by atoms with Crippen LogP contribution in [0.5, 0.6) is 0 Å². The van der Waals surface area contributed by atoms with Crippen LogP contribution in [0.4, 0.5) is 8.78 Å². The molecular formula is C20H22ClF2NO3S2. The van der Waals surface area contributed by atoms with E-state index in [2.05, 4.69) is 4.72 Å². The van der Waals surface area contributed by atoms with Gasteiger partial charge in [0.25, 0.3) is 0 Å². The normalized spacial score (nSPS) is 22.6. The predicted octanol–water partition coefficient (Wildman–Crippen LogP) is 4.46. The molecule has 0 aromatic heterocycles. The van der Waals surface area contributed by atoms with Crippen LogP contribution in [0.2, 0.25) is 5.02 Å². The molecule has 0 heterocycles. The number of aliphatic hydroxyl groups is 1. The minimum Gasteiger partial charge on any atom is -0.395 e. The average molecular weight is 462 g/mol. The summed E-state index contributed by atoms with van der Waals surface area (Å²) in [6.07, 6.45) is 1.24. The molecule has 2 N–H and O–H groups in total. The van der Waals surface area contributed by atoms with Crippen molar-refractivity contribution in [2.45, 2.75) is 41.4 Å². The number of nitrogens with one attached hydrogen (secondary N) is 1. The zero-order valence-corrected chi connectivity index (χ0v) is 18.0. The van der Waals surface area contributed by atoms with E-state index >= 15 is 0 Å². The van der Waals surface area contributed by atoms with Crippen molar-refractivity contribution >= 4 is 33.4 Å². The van der Waals surface area contributed by atoms with Crippen LogP contribution in [0.3, 0.4) is 0 Å². The van der Waals surface area contributed by atoms with Gasteiger partial charge in [-0.3, -0.25) is 4.72 Å². The van der Waals surface area contributed by atoms with E-state index in [1.165, 1.54) is 36.2 Å². The van der Waals surface area contributed by atoms with Gasteiger partial charge in [-0.2, -0.15) is 0 Å². The topological polar surface area (TPSA) is 66.4 Å². The molecule has 2 aromatic rings. The summed E-state index contributed by atoms with van der Waals surface area (Å²) in [4.78, 5) is 0.0339. The molecule has 0 unspecified atom stereocenters. The number of halogens is 3. The van der Waals surface area contributed by atoms with Crippen LogP contribution in [0.15, 0.2) is 47.4 Å². The Kier molecular flexibility index (Phi) is 7.22. The monoisotopic (exact) mass is 461 g/mol. The molecule has 0 saturated heterocycles. The highest BCUT2D eigenvalue weighted by molar-refractivity contribution is 7.97. The van der Waals surface area contributed by atoms with Gasteiger partial charge in [0, 0.05) is 22.4 Å². The van der Waals surface area contributed by atoms with Gasteiger partial charge in [0.1, 0.15) is 16.4 Å². The Morgan fingerprint density at radius 1 is 1.14 bits per heavy atom. The third-order valence-electron chi connectivity index (χ3n) is 5.29. The molecule has 9 heteroatoms. The number of hydrogen-bond acceptors (Lipinski definition) is 5. The highest BCUT2D eigenvalue weighted by Gasteiger charge is 2.50. The maximum absolute atomic E-state index is 14.8. The van der Waals surface area contributed by atoms with Gasteiger partial charge in [-0.1, -0.05) is 23.5 Å². The van der Waals surface area contributed by atoms with E-state index in [-0.39, 0.29) is 35.9 Å². The fourth-order valence-corrected chi connectivity index (χ4v) is 6.76. The Morgan fingerprint density at radius 2 is 1.79 bits per heavy atom. The van der Waals surface area contributed by atoms with E-state index < -0.39 is 26.2 Å². The fraction of sp³-hybridized carbons (Fsp3) is 0.400. The molecule has 0 atom stereocenters. The first-order chi connectivity index (χ1) is 13.8. The van der Waals surface area contributed by atoms with Crippen LogP contribution in [0.25, 0.3) is 0 Å². The van der Waals surface area contributed by atoms with Gasteiger partial charge in [-0.15, -0.1) is 0 Å². The van der Waals surface area contributed by atoms with Gasteiger partial charge < -0.3 is 5.11 Å². The molecule has 0 aliphatic heterocycles. The van der Waals surface area contributed by atoms with Crippen LogP contribution < -0.4 is 4.72 Å². The summed E-state index contributed by atoms with van der Waals surface area (Å²) in [5.41, 5.74) is -0.131. The zero-order chi connectivity index (χ0) is 21.1. The lowest BCUT2D eigenvalue weighted by molar-refractivity contribution is 0.319. The standard InChI is InChI=1S/C20H22ClF2NO3S2/c21-14-1-4-17(5-2-14)29(26,27)20(18-13-15(22)3-6-19(18)23)9-7-16(8-10-20)24-28-12-11-25/h1-6,13,16,24-25H,7-12H2/t16-,20+. The SMILES string of the molecule is O=S(=O)(c1ccc(Cl)cc1)[C@]1(c2cc(F)ccc2F)CC[C@H](NSCCO)CC1. The maximum atomic E-state index is 14.8.